The maximum absolute atomic E-state index is 11.3. The predicted octanol–water partition coefficient (Wildman–Crippen LogP) is 3.84. The van der Waals surface area contributed by atoms with Gasteiger partial charge in [0, 0.05) is 5.75 Å². The number of hydrogen-bond acceptors (Lipinski definition) is 6. The number of carbonyl (C=O) groups is 1. The minimum atomic E-state index is -0.366. The fraction of sp³-hybridized carbons (Fsp3) is 0.125. The first-order chi connectivity index (χ1) is 11.3. The van der Waals surface area contributed by atoms with Gasteiger partial charge in [0.1, 0.15) is 6.42 Å². The van der Waals surface area contributed by atoms with Crippen LogP contribution in [0.25, 0.3) is 10.8 Å². The molecule has 23 heavy (non-hydrogen) atoms. The average molecular weight is 340 g/mol. The summed E-state index contributed by atoms with van der Waals surface area (Å²) < 4.78 is 0.783. The van der Waals surface area contributed by atoms with Crippen LogP contribution in [0.15, 0.2) is 46.8 Å². The van der Waals surface area contributed by atoms with Crippen molar-refractivity contribution in [2.24, 2.45) is 0 Å². The van der Waals surface area contributed by atoms with E-state index in [2.05, 4.69) is 39.8 Å². The van der Waals surface area contributed by atoms with Crippen molar-refractivity contribution in [1.29, 1.82) is 5.26 Å². The number of rotatable bonds is 5. The quantitative estimate of drug-likeness (QED) is 0.564. The molecule has 0 radical (unpaired) electrons. The molecule has 1 N–H and O–H groups in total. The van der Waals surface area contributed by atoms with Crippen molar-refractivity contribution in [1.82, 2.24) is 10.2 Å². The number of thioether (sulfide) groups is 1. The third-order valence-corrected chi connectivity index (χ3v) is 5.14. The molecule has 0 fully saturated rings. The lowest BCUT2D eigenvalue weighted by molar-refractivity contribution is -0.115. The van der Waals surface area contributed by atoms with E-state index < -0.39 is 0 Å². The lowest BCUT2D eigenvalue weighted by atomic mass is 10.1. The Labute approximate surface area is 141 Å². The van der Waals surface area contributed by atoms with Crippen molar-refractivity contribution in [3.63, 3.8) is 0 Å². The van der Waals surface area contributed by atoms with Gasteiger partial charge in [0.05, 0.1) is 6.07 Å². The van der Waals surface area contributed by atoms with E-state index in [-0.39, 0.29) is 12.3 Å². The van der Waals surface area contributed by atoms with E-state index in [1.54, 1.807) is 17.8 Å². The zero-order valence-corrected chi connectivity index (χ0v) is 13.7. The van der Waals surface area contributed by atoms with Gasteiger partial charge in [-0.1, -0.05) is 65.6 Å². The van der Waals surface area contributed by atoms with Gasteiger partial charge in [-0.3, -0.25) is 10.1 Å². The molecule has 0 aliphatic rings. The first kappa shape index (κ1) is 15.5. The lowest BCUT2D eigenvalue weighted by Crippen LogP contribution is -2.09. The summed E-state index contributed by atoms with van der Waals surface area (Å²) in [7, 11) is 0. The molecular formula is C16H12N4OS2. The minimum Gasteiger partial charge on any atom is -0.300 e. The van der Waals surface area contributed by atoms with E-state index in [1.807, 2.05) is 18.2 Å². The Morgan fingerprint density at radius 3 is 2.91 bits per heavy atom. The second kappa shape index (κ2) is 7.22. The average Bonchev–Trinajstić information content (AvgIpc) is 3.00. The number of aromatic nitrogens is 2. The van der Waals surface area contributed by atoms with Gasteiger partial charge < -0.3 is 0 Å². The monoisotopic (exact) mass is 340 g/mol. The molecule has 0 unspecified atom stereocenters. The Hall–Kier alpha value is -2.43. The third-order valence-electron chi connectivity index (χ3n) is 3.12. The van der Waals surface area contributed by atoms with Crippen LogP contribution in [0.1, 0.15) is 12.0 Å². The van der Waals surface area contributed by atoms with Crippen LogP contribution in [-0.2, 0) is 10.5 Å². The highest BCUT2D eigenvalue weighted by molar-refractivity contribution is 8.00. The van der Waals surface area contributed by atoms with Crippen LogP contribution in [0.4, 0.5) is 5.13 Å². The summed E-state index contributed by atoms with van der Waals surface area (Å²) in [6.45, 7) is 0. The number of fused-ring (bicyclic) bond motifs is 1. The molecule has 3 aromatic rings. The molecule has 1 amide bonds. The third kappa shape index (κ3) is 3.86. The molecule has 0 bridgehead atoms. The number of amides is 1. The first-order valence-corrected chi connectivity index (χ1v) is 8.66. The van der Waals surface area contributed by atoms with Crippen LogP contribution in [0, 0.1) is 11.3 Å². The molecule has 0 saturated heterocycles. The van der Waals surface area contributed by atoms with Gasteiger partial charge in [0.2, 0.25) is 11.0 Å². The van der Waals surface area contributed by atoms with Gasteiger partial charge in [0.25, 0.3) is 0 Å². The molecular weight excluding hydrogens is 328 g/mol. The number of nitrogens with zero attached hydrogens (tertiary/aromatic N) is 3. The van der Waals surface area contributed by atoms with Crippen LogP contribution < -0.4 is 5.32 Å². The van der Waals surface area contributed by atoms with Gasteiger partial charge >= 0.3 is 0 Å². The Kier molecular flexibility index (Phi) is 4.86. The fourth-order valence-corrected chi connectivity index (χ4v) is 3.88. The smallest absolute Gasteiger partial charge is 0.240 e. The summed E-state index contributed by atoms with van der Waals surface area (Å²) in [5, 5.41) is 21.9. The van der Waals surface area contributed by atoms with Gasteiger partial charge in [0.15, 0.2) is 4.34 Å². The van der Waals surface area contributed by atoms with E-state index in [1.165, 1.54) is 27.7 Å². The van der Waals surface area contributed by atoms with E-state index >= 15 is 0 Å². The zero-order chi connectivity index (χ0) is 16.1. The van der Waals surface area contributed by atoms with E-state index in [0.29, 0.717) is 5.13 Å². The summed E-state index contributed by atoms with van der Waals surface area (Å²) in [5.41, 5.74) is 1.23. The fourth-order valence-electron chi connectivity index (χ4n) is 2.11. The summed E-state index contributed by atoms with van der Waals surface area (Å²) in [6, 6.07) is 16.3. The summed E-state index contributed by atoms with van der Waals surface area (Å²) in [6.07, 6.45) is -0.182. The first-order valence-electron chi connectivity index (χ1n) is 6.86. The molecule has 7 heteroatoms. The standard InChI is InChI=1S/C16H12N4OS2/c17-9-8-14(21)18-15-19-20-16(23-15)22-10-12-6-3-5-11-4-1-2-7-13(11)12/h1-7H,8,10H2,(H,18,19,21). The zero-order valence-electron chi connectivity index (χ0n) is 12.0. The van der Waals surface area contributed by atoms with Crippen LogP contribution in [0.2, 0.25) is 0 Å². The molecule has 0 saturated carbocycles. The van der Waals surface area contributed by atoms with Crippen molar-refractivity contribution in [3.8, 4) is 6.07 Å². The van der Waals surface area contributed by atoms with Gasteiger partial charge in [-0.15, -0.1) is 10.2 Å². The summed E-state index contributed by atoms with van der Waals surface area (Å²) >= 11 is 2.89. The molecule has 0 atom stereocenters. The van der Waals surface area contributed by atoms with E-state index in [0.717, 1.165) is 10.1 Å². The maximum Gasteiger partial charge on any atom is 0.240 e. The number of nitrogens with one attached hydrogen (secondary N) is 1. The lowest BCUT2D eigenvalue weighted by Gasteiger charge is -2.04. The molecule has 1 heterocycles. The van der Waals surface area contributed by atoms with Crippen LogP contribution in [-0.4, -0.2) is 16.1 Å². The van der Waals surface area contributed by atoms with Crippen molar-refractivity contribution >= 4 is 44.9 Å². The largest absolute Gasteiger partial charge is 0.300 e. The SMILES string of the molecule is N#CCC(=O)Nc1nnc(SCc2cccc3ccccc23)s1. The van der Waals surface area contributed by atoms with Crippen LogP contribution in [0.5, 0.6) is 0 Å². The van der Waals surface area contributed by atoms with Crippen molar-refractivity contribution < 1.29 is 4.79 Å². The van der Waals surface area contributed by atoms with Crippen molar-refractivity contribution in [2.75, 3.05) is 5.32 Å². The topological polar surface area (TPSA) is 78.7 Å². The van der Waals surface area contributed by atoms with E-state index in [4.69, 9.17) is 5.26 Å². The summed E-state index contributed by atoms with van der Waals surface area (Å²) in [5.74, 6) is 0.413. The molecule has 0 spiro atoms. The highest BCUT2D eigenvalue weighted by Crippen LogP contribution is 2.30. The molecule has 3 rings (SSSR count). The Morgan fingerprint density at radius 2 is 2.04 bits per heavy atom. The maximum atomic E-state index is 11.3. The van der Waals surface area contributed by atoms with Gasteiger partial charge in [-0.2, -0.15) is 5.26 Å². The van der Waals surface area contributed by atoms with Crippen LogP contribution >= 0.6 is 23.1 Å². The molecule has 114 valence electrons. The Balaban J connectivity index is 1.68. The molecule has 0 aliphatic heterocycles. The van der Waals surface area contributed by atoms with Crippen LogP contribution in [0.3, 0.4) is 0 Å². The van der Waals surface area contributed by atoms with Crippen molar-refractivity contribution in [3.05, 3.63) is 48.0 Å². The molecule has 5 nitrogen and oxygen atoms in total. The molecule has 2 aromatic carbocycles. The normalized spacial score (nSPS) is 10.4. The molecule has 0 aliphatic carbocycles. The number of nitriles is 1. The second-order valence-electron chi connectivity index (χ2n) is 4.68. The molecule has 1 aromatic heterocycles. The number of hydrogen-bond donors (Lipinski definition) is 1. The Morgan fingerprint density at radius 1 is 1.22 bits per heavy atom. The van der Waals surface area contributed by atoms with E-state index in [9.17, 15) is 4.79 Å². The van der Waals surface area contributed by atoms with Gasteiger partial charge in [-0.25, -0.2) is 0 Å². The number of carbonyl (C=O) groups excluding carboxylic acids is 1. The summed E-state index contributed by atoms with van der Waals surface area (Å²) in [4.78, 5) is 11.3. The van der Waals surface area contributed by atoms with Gasteiger partial charge in [-0.05, 0) is 16.3 Å². The second-order valence-corrected chi connectivity index (χ2v) is 6.88. The number of anilines is 1. The predicted molar refractivity (Wildman–Crippen MR) is 92.3 cm³/mol. The minimum absolute atomic E-state index is 0.182. The highest BCUT2D eigenvalue weighted by atomic mass is 32.2. The number of benzene rings is 2. The Bertz CT molecular complexity index is 880. The van der Waals surface area contributed by atoms with Crippen molar-refractivity contribution in [2.45, 2.75) is 16.5 Å². The highest BCUT2D eigenvalue weighted by Gasteiger charge is 2.09.